The molecule has 110 valence electrons. The second kappa shape index (κ2) is 6.35. The van der Waals surface area contributed by atoms with Crippen LogP contribution in [-0.2, 0) is 20.9 Å². The smallest absolute Gasteiger partial charge is 0.236 e. The minimum absolute atomic E-state index is 0.221. The fraction of sp³-hybridized carbons (Fsp3) is 0.312. The van der Waals surface area contributed by atoms with Crippen LogP contribution in [0.2, 0.25) is 0 Å². The molecule has 0 aliphatic heterocycles. The maximum absolute atomic E-state index is 12.0. The molecule has 0 atom stereocenters. The van der Waals surface area contributed by atoms with E-state index >= 15 is 0 Å². The summed E-state index contributed by atoms with van der Waals surface area (Å²) in [7, 11) is 1.42. The van der Waals surface area contributed by atoms with E-state index in [-0.39, 0.29) is 24.5 Å². The van der Waals surface area contributed by atoms with E-state index in [1.807, 2.05) is 41.1 Å². The molecule has 0 N–H and O–H groups in total. The Morgan fingerprint density at radius 3 is 2.52 bits per heavy atom. The lowest BCUT2D eigenvalue weighted by Crippen LogP contribution is -2.34. The molecule has 5 heteroatoms. The number of amides is 2. The quantitative estimate of drug-likeness (QED) is 0.790. The zero-order valence-corrected chi connectivity index (χ0v) is 12.2. The Hall–Kier alpha value is -2.43. The molecule has 1 aromatic carbocycles. The molecule has 0 saturated carbocycles. The van der Waals surface area contributed by atoms with Gasteiger partial charge >= 0.3 is 0 Å². The molecular formula is C16H18N2O3. The topological polar surface area (TPSA) is 59.4 Å². The van der Waals surface area contributed by atoms with Crippen molar-refractivity contribution in [2.45, 2.75) is 26.3 Å². The molecule has 0 fully saturated rings. The first kappa shape index (κ1) is 15.0. The number of nitrogens with zero attached hydrogens (tertiary/aromatic N) is 2. The minimum atomic E-state index is -0.454. The van der Waals surface area contributed by atoms with Gasteiger partial charge in [-0.3, -0.25) is 19.3 Å². The summed E-state index contributed by atoms with van der Waals surface area (Å²) in [4.78, 5) is 35.6. The van der Waals surface area contributed by atoms with Crippen LogP contribution in [0.1, 0.15) is 19.8 Å². The zero-order chi connectivity index (χ0) is 15.4. The summed E-state index contributed by atoms with van der Waals surface area (Å²) in [6, 6.07) is 9.90. The summed E-state index contributed by atoms with van der Waals surface area (Å²) in [6.07, 6.45) is 1.92. The number of hydrogen-bond donors (Lipinski definition) is 0. The Labute approximate surface area is 123 Å². The van der Waals surface area contributed by atoms with Crippen molar-refractivity contribution >= 4 is 28.5 Å². The fourth-order valence-corrected chi connectivity index (χ4v) is 2.19. The van der Waals surface area contributed by atoms with Crippen LogP contribution in [-0.4, -0.2) is 34.1 Å². The molecule has 0 radical (unpaired) electrons. The van der Waals surface area contributed by atoms with Gasteiger partial charge in [-0.1, -0.05) is 18.2 Å². The Morgan fingerprint density at radius 2 is 1.81 bits per heavy atom. The highest BCUT2D eigenvalue weighted by atomic mass is 16.2. The van der Waals surface area contributed by atoms with E-state index in [2.05, 4.69) is 0 Å². The lowest BCUT2D eigenvalue weighted by Gasteiger charge is -2.15. The van der Waals surface area contributed by atoms with Crippen LogP contribution >= 0.6 is 0 Å². The van der Waals surface area contributed by atoms with Crippen molar-refractivity contribution in [2.75, 3.05) is 7.05 Å². The Balaban J connectivity index is 1.98. The highest BCUT2D eigenvalue weighted by Gasteiger charge is 2.17. The molecule has 1 aromatic heterocycles. The molecule has 0 aliphatic rings. The van der Waals surface area contributed by atoms with Crippen LogP contribution in [0.15, 0.2) is 36.5 Å². The third-order valence-corrected chi connectivity index (χ3v) is 3.40. The van der Waals surface area contributed by atoms with Crippen molar-refractivity contribution in [1.29, 1.82) is 0 Å². The molecule has 0 spiro atoms. The number of aryl methyl sites for hydroxylation is 1. The fourth-order valence-electron chi connectivity index (χ4n) is 2.19. The van der Waals surface area contributed by atoms with Crippen LogP contribution in [0.5, 0.6) is 0 Å². The van der Waals surface area contributed by atoms with E-state index in [4.69, 9.17) is 0 Å². The predicted molar refractivity (Wildman–Crippen MR) is 79.6 cm³/mol. The van der Waals surface area contributed by atoms with Crippen molar-refractivity contribution in [1.82, 2.24) is 9.47 Å². The zero-order valence-electron chi connectivity index (χ0n) is 12.2. The van der Waals surface area contributed by atoms with Gasteiger partial charge in [-0.25, -0.2) is 0 Å². The van der Waals surface area contributed by atoms with Gasteiger partial charge in [0.15, 0.2) is 0 Å². The Bertz CT molecular complexity index is 688. The van der Waals surface area contributed by atoms with Crippen LogP contribution in [0.4, 0.5) is 0 Å². The van der Waals surface area contributed by atoms with E-state index in [1.54, 1.807) is 0 Å². The van der Waals surface area contributed by atoms with Crippen molar-refractivity contribution in [3.8, 4) is 0 Å². The SMILES string of the molecule is CC(=O)CC(=O)N(C)C(=O)CCn1ccc2ccccc21. The van der Waals surface area contributed by atoms with Gasteiger partial charge in [0.25, 0.3) is 0 Å². The maximum atomic E-state index is 12.0. The average Bonchev–Trinajstić information content (AvgIpc) is 2.86. The van der Waals surface area contributed by atoms with E-state index in [0.29, 0.717) is 6.54 Å². The van der Waals surface area contributed by atoms with Crippen LogP contribution in [0, 0.1) is 0 Å². The lowest BCUT2D eigenvalue weighted by atomic mass is 10.2. The van der Waals surface area contributed by atoms with Crippen molar-refractivity contribution < 1.29 is 14.4 Å². The molecule has 5 nitrogen and oxygen atoms in total. The number of ketones is 1. The second-order valence-corrected chi connectivity index (χ2v) is 5.04. The predicted octanol–water partition coefficient (Wildman–Crippen LogP) is 2.00. The highest BCUT2D eigenvalue weighted by molar-refractivity contribution is 6.03. The standard InChI is InChI=1S/C16H18N2O3/c1-12(19)11-16(21)17(2)15(20)8-10-18-9-7-13-5-3-4-6-14(13)18/h3-7,9H,8,10-11H2,1-2H3. The molecule has 2 amide bonds. The third kappa shape index (κ3) is 3.56. The van der Waals surface area contributed by atoms with Gasteiger partial charge in [0.1, 0.15) is 5.78 Å². The van der Waals surface area contributed by atoms with Crippen molar-refractivity contribution in [3.63, 3.8) is 0 Å². The van der Waals surface area contributed by atoms with Crippen LogP contribution < -0.4 is 0 Å². The maximum Gasteiger partial charge on any atom is 0.236 e. The van der Waals surface area contributed by atoms with Gasteiger partial charge < -0.3 is 4.57 Å². The van der Waals surface area contributed by atoms with E-state index in [0.717, 1.165) is 15.8 Å². The van der Waals surface area contributed by atoms with E-state index in [1.165, 1.54) is 14.0 Å². The molecule has 0 saturated heterocycles. The van der Waals surface area contributed by atoms with Gasteiger partial charge in [0, 0.05) is 31.7 Å². The number of rotatable bonds is 5. The van der Waals surface area contributed by atoms with Crippen LogP contribution in [0.3, 0.4) is 0 Å². The summed E-state index contributed by atoms with van der Waals surface area (Å²) in [5.41, 5.74) is 1.06. The van der Waals surface area contributed by atoms with Crippen molar-refractivity contribution in [2.24, 2.45) is 0 Å². The van der Waals surface area contributed by atoms with Gasteiger partial charge in [-0.2, -0.15) is 0 Å². The molecule has 2 aromatic rings. The normalized spacial score (nSPS) is 10.6. The van der Waals surface area contributed by atoms with Gasteiger partial charge in [-0.15, -0.1) is 0 Å². The highest BCUT2D eigenvalue weighted by Crippen LogP contribution is 2.15. The molecule has 0 bridgehead atoms. The number of para-hydroxylation sites is 1. The first-order chi connectivity index (χ1) is 9.99. The minimum Gasteiger partial charge on any atom is -0.347 e. The largest absolute Gasteiger partial charge is 0.347 e. The molecule has 0 unspecified atom stereocenters. The number of imide groups is 1. The van der Waals surface area contributed by atoms with Gasteiger partial charge in [-0.05, 0) is 24.4 Å². The first-order valence-electron chi connectivity index (χ1n) is 6.81. The summed E-state index contributed by atoms with van der Waals surface area (Å²) < 4.78 is 1.98. The number of hydrogen-bond acceptors (Lipinski definition) is 3. The summed E-state index contributed by atoms with van der Waals surface area (Å²) in [6.45, 7) is 1.84. The number of carbonyl (C=O) groups is 3. The number of benzene rings is 1. The average molecular weight is 286 g/mol. The van der Waals surface area contributed by atoms with E-state index in [9.17, 15) is 14.4 Å². The third-order valence-electron chi connectivity index (χ3n) is 3.40. The van der Waals surface area contributed by atoms with Crippen LogP contribution in [0.25, 0.3) is 10.9 Å². The van der Waals surface area contributed by atoms with Crippen molar-refractivity contribution in [3.05, 3.63) is 36.5 Å². The van der Waals surface area contributed by atoms with Gasteiger partial charge in [0.2, 0.25) is 11.8 Å². The van der Waals surface area contributed by atoms with E-state index < -0.39 is 5.91 Å². The Morgan fingerprint density at radius 1 is 1.10 bits per heavy atom. The number of aromatic nitrogens is 1. The Kier molecular flexibility index (Phi) is 4.52. The molecule has 0 aliphatic carbocycles. The second-order valence-electron chi connectivity index (χ2n) is 5.04. The number of Topliss-reactive ketones (excluding diaryl/α,β-unsaturated/α-hetero) is 1. The summed E-state index contributed by atoms with van der Waals surface area (Å²) >= 11 is 0. The number of fused-ring (bicyclic) bond motifs is 1. The molecule has 21 heavy (non-hydrogen) atoms. The molecule has 2 rings (SSSR count). The summed E-state index contributed by atoms with van der Waals surface area (Å²) in [5, 5.41) is 1.12. The monoisotopic (exact) mass is 286 g/mol. The molecular weight excluding hydrogens is 268 g/mol. The first-order valence-corrected chi connectivity index (χ1v) is 6.81. The number of carbonyl (C=O) groups excluding carboxylic acids is 3. The lowest BCUT2D eigenvalue weighted by molar-refractivity contribution is -0.144. The van der Waals surface area contributed by atoms with Gasteiger partial charge in [0.05, 0.1) is 6.42 Å². The summed E-state index contributed by atoms with van der Waals surface area (Å²) in [5.74, 6) is -0.972. The molecule has 1 heterocycles.